The second kappa shape index (κ2) is 9.85. The topological polar surface area (TPSA) is 47.0 Å². The summed E-state index contributed by atoms with van der Waals surface area (Å²) in [4.78, 5) is 9.61. The van der Waals surface area contributed by atoms with E-state index in [2.05, 4.69) is 33.0 Å². The molecular weight excluding hydrogens is 262 g/mol. The zero-order chi connectivity index (χ0) is 15.7. The number of likely N-dealkylation sites (N-methyl/N-ethyl adjacent to an activating group) is 1. The molecule has 0 aliphatic heterocycles. The first kappa shape index (κ1) is 18.1. The Balaban J connectivity index is 3.09. The standard InChI is InChI=1S/C17H31N3O/c1-6-10-16(21-5)17-19-14(7-2)13(11-12-18-9-4)15(8-3)20-17/h16,18H,6-12H2,1-5H3. The number of methoxy groups -OCH3 is 1. The smallest absolute Gasteiger partial charge is 0.157 e. The Labute approximate surface area is 129 Å². The number of nitrogens with one attached hydrogen (secondary N) is 1. The molecule has 1 N–H and O–H groups in total. The van der Waals surface area contributed by atoms with Gasteiger partial charge in [0.1, 0.15) is 6.10 Å². The lowest BCUT2D eigenvalue weighted by Gasteiger charge is -2.18. The van der Waals surface area contributed by atoms with E-state index < -0.39 is 0 Å². The molecule has 21 heavy (non-hydrogen) atoms. The lowest BCUT2D eigenvalue weighted by atomic mass is 10.0. The molecule has 0 bridgehead atoms. The summed E-state index contributed by atoms with van der Waals surface area (Å²) in [6.45, 7) is 10.6. The molecule has 1 rings (SSSR count). The van der Waals surface area contributed by atoms with Crippen molar-refractivity contribution in [1.29, 1.82) is 0 Å². The predicted molar refractivity (Wildman–Crippen MR) is 87.7 cm³/mol. The first-order chi connectivity index (χ1) is 10.2. The van der Waals surface area contributed by atoms with Gasteiger partial charge in [0, 0.05) is 18.5 Å². The van der Waals surface area contributed by atoms with Crippen molar-refractivity contribution in [1.82, 2.24) is 15.3 Å². The van der Waals surface area contributed by atoms with E-state index in [1.165, 1.54) is 17.0 Å². The summed E-state index contributed by atoms with van der Waals surface area (Å²) in [6, 6.07) is 0. The molecule has 1 aromatic rings. The molecule has 0 aliphatic rings. The molecule has 0 radical (unpaired) electrons. The van der Waals surface area contributed by atoms with Crippen molar-refractivity contribution in [2.75, 3.05) is 20.2 Å². The maximum Gasteiger partial charge on any atom is 0.157 e. The van der Waals surface area contributed by atoms with Crippen LogP contribution >= 0.6 is 0 Å². The lowest BCUT2D eigenvalue weighted by Crippen LogP contribution is -2.20. The van der Waals surface area contributed by atoms with Crippen LogP contribution in [0.4, 0.5) is 0 Å². The Hall–Kier alpha value is -1.00. The third kappa shape index (κ3) is 5.04. The number of nitrogens with zero attached hydrogens (tertiary/aromatic N) is 2. The molecule has 0 aromatic carbocycles. The summed E-state index contributed by atoms with van der Waals surface area (Å²) in [5.74, 6) is 0.861. The summed E-state index contributed by atoms with van der Waals surface area (Å²) < 4.78 is 5.58. The van der Waals surface area contributed by atoms with Gasteiger partial charge < -0.3 is 10.1 Å². The summed E-state index contributed by atoms with van der Waals surface area (Å²) in [7, 11) is 1.75. The van der Waals surface area contributed by atoms with Crippen molar-refractivity contribution in [2.24, 2.45) is 0 Å². The minimum Gasteiger partial charge on any atom is -0.373 e. The summed E-state index contributed by atoms with van der Waals surface area (Å²) in [5, 5.41) is 3.39. The second-order valence-corrected chi connectivity index (χ2v) is 5.28. The van der Waals surface area contributed by atoms with Gasteiger partial charge in [-0.2, -0.15) is 0 Å². The van der Waals surface area contributed by atoms with E-state index >= 15 is 0 Å². The molecule has 1 unspecified atom stereocenters. The van der Waals surface area contributed by atoms with Gasteiger partial charge in [-0.1, -0.05) is 34.1 Å². The van der Waals surface area contributed by atoms with Gasteiger partial charge in [-0.15, -0.1) is 0 Å². The Morgan fingerprint density at radius 3 is 2.10 bits per heavy atom. The lowest BCUT2D eigenvalue weighted by molar-refractivity contribution is 0.0871. The van der Waals surface area contributed by atoms with Crippen molar-refractivity contribution >= 4 is 0 Å². The fourth-order valence-electron chi connectivity index (χ4n) is 2.63. The Bertz CT molecular complexity index is 395. The van der Waals surface area contributed by atoms with Crippen LogP contribution in [-0.2, 0) is 24.0 Å². The minimum absolute atomic E-state index is 0.0217. The molecule has 0 spiro atoms. The van der Waals surface area contributed by atoms with Crippen molar-refractivity contribution in [3.63, 3.8) is 0 Å². The molecule has 4 heteroatoms. The second-order valence-electron chi connectivity index (χ2n) is 5.28. The molecule has 1 atom stereocenters. The third-order valence-electron chi connectivity index (χ3n) is 3.79. The number of aromatic nitrogens is 2. The SMILES string of the molecule is CCCC(OC)c1nc(CC)c(CCNCC)c(CC)n1. The molecule has 0 saturated heterocycles. The number of rotatable bonds is 10. The molecule has 120 valence electrons. The maximum absolute atomic E-state index is 5.58. The van der Waals surface area contributed by atoms with Crippen LogP contribution in [0.2, 0.25) is 0 Å². The Morgan fingerprint density at radius 2 is 1.67 bits per heavy atom. The highest BCUT2D eigenvalue weighted by Gasteiger charge is 2.18. The van der Waals surface area contributed by atoms with E-state index in [-0.39, 0.29) is 6.10 Å². The fourth-order valence-corrected chi connectivity index (χ4v) is 2.63. The Kier molecular flexibility index (Phi) is 8.47. The van der Waals surface area contributed by atoms with Gasteiger partial charge >= 0.3 is 0 Å². The Morgan fingerprint density at radius 1 is 1.05 bits per heavy atom. The van der Waals surface area contributed by atoms with Crippen LogP contribution < -0.4 is 5.32 Å². The van der Waals surface area contributed by atoms with Gasteiger partial charge in [0.15, 0.2) is 5.82 Å². The summed E-state index contributed by atoms with van der Waals surface area (Å²) in [5.41, 5.74) is 3.71. The number of aryl methyl sites for hydroxylation is 2. The van der Waals surface area contributed by atoms with E-state index in [0.29, 0.717) is 0 Å². The van der Waals surface area contributed by atoms with Gasteiger partial charge in [-0.05, 0) is 44.3 Å². The molecule has 0 amide bonds. The van der Waals surface area contributed by atoms with Gasteiger partial charge in [-0.3, -0.25) is 0 Å². The van der Waals surface area contributed by atoms with Gasteiger partial charge in [0.25, 0.3) is 0 Å². The number of hydrogen-bond donors (Lipinski definition) is 1. The van der Waals surface area contributed by atoms with E-state index in [9.17, 15) is 0 Å². The van der Waals surface area contributed by atoms with Crippen molar-refractivity contribution < 1.29 is 4.74 Å². The average Bonchev–Trinajstić information content (AvgIpc) is 2.52. The normalized spacial score (nSPS) is 12.6. The summed E-state index contributed by atoms with van der Waals surface area (Å²) in [6.07, 6.45) is 4.98. The van der Waals surface area contributed by atoms with E-state index in [0.717, 1.165) is 51.0 Å². The van der Waals surface area contributed by atoms with E-state index in [4.69, 9.17) is 14.7 Å². The van der Waals surface area contributed by atoms with Crippen LogP contribution in [0.5, 0.6) is 0 Å². The van der Waals surface area contributed by atoms with Crippen LogP contribution in [-0.4, -0.2) is 30.2 Å². The zero-order valence-electron chi connectivity index (χ0n) is 14.3. The van der Waals surface area contributed by atoms with E-state index in [1.807, 2.05) is 0 Å². The average molecular weight is 293 g/mol. The molecule has 0 fully saturated rings. The third-order valence-corrected chi connectivity index (χ3v) is 3.79. The number of hydrogen-bond acceptors (Lipinski definition) is 4. The van der Waals surface area contributed by atoms with Crippen molar-refractivity contribution in [3.05, 3.63) is 22.8 Å². The van der Waals surface area contributed by atoms with Crippen LogP contribution in [0.25, 0.3) is 0 Å². The molecule has 1 heterocycles. The monoisotopic (exact) mass is 293 g/mol. The highest BCUT2D eigenvalue weighted by molar-refractivity contribution is 5.27. The molecule has 1 aromatic heterocycles. The molecule has 4 nitrogen and oxygen atoms in total. The van der Waals surface area contributed by atoms with E-state index in [1.54, 1.807) is 7.11 Å². The first-order valence-corrected chi connectivity index (χ1v) is 8.33. The number of ether oxygens (including phenoxy) is 1. The minimum atomic E-state index is 0.0217. The molecule has 0 aliphatic carbocycles. The largest absolute Gasteiger partial charge is 0.373 e. The molecule has 0 saturated carbocycles. The van der Waals surface area contributed by atoms with Gasteiger partial charge in [0.2, 0.25) is 0 Å². The van der Waals surface area contributed by atoms with Crippen LogP contribution in [0.3, 0.4) is 0 Å². The van der Waals surface area contributed by atoms with Crippen LogP contribution in [0.1, 0.15) is 69.4 Å². The van der Waals surface area contributed by atoms with Gasteiger partial charge in [0.05, 0.1) is 0 Å². The first-order valence-electron chi connectivity index (χ1n) is 8.33. The molecular formula is C17H31N3O. The highest BCUT2D eigenvalue weighted by atomic mass is 16.5. The van der Waals surface area contributed by atoms with Crippen molar-refractivity contribution in [3.8, 4) is 0 Å². The zero-order valence-corrected chi connectivity index (χ0v) is 14.3. The van der Waals surface area contributed by atoms with Gasteiger partial charge in [-0.25, -0.2) is 9.97 Å². The van der Waals surface area contributed by atoms with Crippen LogP contribution in [0.15, 0.2) is 0 Å². The predicted octanol–water partition coefficient (Wildman–Crippen LogP) is 3.24. The maximum atomic E-state index is 5.58. The van der Waals surface area contributed by atoms with Crippen molar-refractivity contribution in [2.45, 2.75) is 65.9 Å². The quantitative estimate of drug-likeness (QED) is 0.673. The highest BCUT2D eigenvalue weighted by Crippen LogP contribution is 2.22. The fraction of sp³-hybridized carbons (Fsp3) is 0.765. The van der Waals surface area contributed by atoms with Crippen LogP contribution in [0, 0.1) is 0 Å². The summed E-state index contributed by atoms with van der Waals surface area (Å²) >= 11 is 0.